The van der Waals surface area contributed by atoms with Crippen LogP contribution in [0.2, 0.25) is 0 Å². The van der Waals surface area contributed by atoms with E-state index in [1.54, 1.807) is 25.3 Å². The molecule has 0 aliphatic heterocycles. The van der Waals surface area contributed by atoms with Gasteiger partial charge < -0.3 is 14.6 Å². The molecule has 4 heteroatoms. The highest BCUT2D eigenvalue weighted by molar-refractivity contribution is 5.81. The van der Waals surface area contributed by atoms with Gasteiger partial charge in [0.1, 0.15) is 0 Å². The molecular formula is C21H23N2O2+. The zero-order valence-electron chi connectivity index (χ0n) is 14.5. The Morgan fingerprint density at radius 2 is 1.48 bits per heavy atom. The lowest BCUT2D eigenvalue weighted by Gasteiger charge is -2.23. The maximum atomic E-state index is 12.8. The van der Waals surface area contributed by atoms with Gasteiger partial charge in [-0.3, -0.25) is 4.79 Å². The molecule has 0 fully saturated rings. The number of benzene rings is 2. The number of amides is 1. The van der Waals surface area contributed by atoms with Gasteiger partial charge in [-0.05, 0) is 12.1 Å². The highest BCUT2D eigenvalue weighted by Gasteiger charge is 2.31. The monoisotopic (exact) mass is 335 g/mol. The van der Waals surface area contributed by atoms with E-state index in [9.17, 15) is 4.79 Å². The number of hydrogen-bond donors (Lipinski definition) is 1. The van der Waals surface area contributed by atoms with Crippen molar-refractivity contribution in [2.75, 3.05) is 14.1 Å². The summed E-state index contributed by atoms with van der Waals surface area (Å²) in [6.45, 7) is 0. The topological polar surface area (TPSA) is 50.1 Å². The van der Waals surface area contributed by atoms with Gasteiger partial charge >= 0.3 is 0 Å². The fourth-order valence-corrected chi connectivity index (χ4v) is 2.97. The second-order valence-corrected chi connectivity index (χ2v) is 6.22. The Bertz CT molecular complexity index is 783. The summed E-state index contributed by atoms with van der Waals surface area (Å²) in [6, 6.07) is 23.4. The van der Waals surface area contributed by atoms with Crippen LogP contribution in [0.15, 0.2) is 83.5 Å². The van der Waals surface area contributed by atoms with Crippen LogP contribution < -0.4 is 5.32 Å². The fourth-order valence-electron chi connectivity index (χ4n) is 2.97. The normalized spacial score (nSPS) is 13.2. The minimum atomic E-state index is -0.341. The number of rotatable bonds is 6. The largest absolute Gasteiger partial charge is 0.463 e. The third kappa shape index (κ3) is 3.98. The van der Waals surface area contributed by atoms with Crippen LogP contribution in [0.5, 0.6) is 0 Å². The molecule has 0 saturated heterocycles. The van der Waals surface area contributed by atoms with Gasteiger partial charge in [-0.1, -0.05) is 60.7 Å². The molecule has 2 N–H and O–H groups in total. The first kappa shape index (κ1) is 17.0. The first-order valence-corrected chi connectivity index (χ1v) is 8.36. The minimum absolute atomic E-state index is 0.0543. The molecule has 0 unspecified atom stereocenters. The van der Waals surface area contributed by atoms with E-state index >= 15 is 0 Å². The fraction of sp³-hybridized carbons (Fsp3) is 0.190. The summed E-state index contributed by atoms with van der Waals surface area (Å²) in [7, 11) is 3.58. The lowest BCUT2D eigenvalue weighted by atomic mass is 10.00. The van der Waals surface area contributed by atoms with Crippen molar-refractivity contribution in [3.05, 3.63) is 95.9 Å². The molecule has 128 valence electrons. The van der Waals surface area contributed by atoms with Crippen LogP contribution in [0, 0.1) is 0 Å². The van der Waals surface area contributed by atoms with E-state index in [1.165, 1.54) is 0 Å². The molecule has 1 amide bonds. The van der Waals surface area contributed by atoms with Crippen molar-refractivity contribution in [3.63, 3.8) is 0 Å². The smallest absolute Gasteiger partial charge is 0.285 e. The lowest BCUT2D eigenvalue weighted by Crippen LogP contribution is -2.88. The van der Waals surface area contributed by atoms with Gasteiger partial charge in [0, 0.05) is 25.2 Å². The van der Waals surface area contributed by atoms with Crippen molar-refractivity contribution in [1.82, 2.24) is 4.90 Å². The summed E-state index contributed by atoms with van der Waals surface area (Å²) in [5.74, 6) is 0.886. The maximum Gasteiger partial charge on any atom is 0.285 e. The molecule has 0 aliphatic carbocycles. The molecule has 2 aromatic carbocycles. The van der Waals surface area contributed by atoms with Gasteiger partial charge in [0.2, 0.25) is 0 Å². The molecule has 0 bridgehead atoms. The number of carbonyl (C=O) groups is 1. The number of quaternary nitrogens is 1. The van der Waals surface area contributed by atoms with E-state index in [1.807, 2.05) is 60.7 Å². The van der Waals surface area contributed by atoms with Gasteiger partial charge in [0.05, 0.1) is 6.26 Å². The van der Waals surface area contributed by atoms with Crippen LogP contribution in [0.25, 0.3) is 0 Å². The Labute approximate surface area is 148 Å². The number of likely N-dealkylation sites (N-methyl/N-ethyl adjacent to an activating group) is 1. The summed E-state index contributed by atoms with van der Waals surface area (Å²) in [6.07, 6.45) is 1.67. The van der Waals surface area contributed by atoms with Gasteiger partial charge in [-0.2, -0.15) is 0 Å². The Morgan fingerprint density at radius 1 is 0.880 bits per heavy atom. The molecule has 1 heterocycles. The third-order valence-electron chi connectivity index (χ3n) is 4.26. The second kappa shape index (κ2) is 7.81. The summed E-state index contributed by atoms with van der Waals surface area (Å²) in [4.78, 5) is 14.5. The quantitative estimate of drug-likeness (QED) is 0.753. The molecular weight excluding hydrogens is 312 g/mol. The van der Waals surface area contributed by atoms with Crippen LogP contribution in [0.1, 0.15) is 29.0 Å². The predicted octanol–water partition coefficient (Wildman–Crippen LogP) is 2.76. The second-order valence-electron chi connectivity index (χ2n) is 6.22. The van der Waals surface area contributed by atoms with E-state index in [4.69, 9.17) is 4.42 Å². The molecule has 25 heavy (non-hydrogen) atoms. The predicted molar refractivity (Wildman–Crippen MR) is 96.8 cm³/mol. The molecule has 0 spiro atoms. The highest BCUT2D eigenvalue weighted by Crippen LogP contribution is 2.21. The zero-order chi connectivity index (χ0) is 17.6. The number of nitrogens with zero attached hydrogens (tertiary/aromatic N) is 1. The molecule has 0 radical (unpaired) electrons. The molecule has 4 nitrogen and oxygen atoms in total. The van der Waals surface area contributed by atoms with Crippen LogP contribution in [-0.4, -0.2) is 24.9 Å². The van der Waals surface area contributed by atoms with Gasteiger partial charge in [0.25, 0.3) is 5.91 Å². The van der Waals surface area contributed by atoms with Crippen molar-refractivity contribution in [1.29, 1.82) is 0 Å². The van der Waals surface area contributed by atoms with E-state index in [0.717, 1.165) is 16.9 Å². The Kier molecular flexibility index (Phi) is 5.31. The first-order chi connectivity index (χ1) is 12.2. The lowest BCUT2D eigenvalue weighted by molar-refractivity contribution is -0.716. The number of furan rings is 1. The SMILES string of the molecule is CN(C)C(=O)[C@@H]([NH2+][C@H](c1ccccc1)c1ccco1)c1ccccc1. The van der Waals surface area contributed by atoms with Gasteiger partial charge in [0.15, 0.2) is 17.8 Å². The molecule has 3 aromatic rings. The van der Waals surface area contributed by atoms with E-state index in [0.29, 0.717) is 0 Å². The zero-order valence-corrected chi connectivity index (χ0v) is 14.5. The summed E-state index contributed by atoms with van der Waals surface area (Å²) in [5.41, 5.74) is 2.08. The number of hydrogen-bond acceptors (Lipinski definition) is 2. The Hall–Kier alpha value is -2.85. The average molecular weight is 335 g/mol. The standard InChI is InChI=1S/C21H22N2O2/c1-23(2)21(24)20(17-12-7-4-8-13-17)22-19(18-14-9-15-25-18)16-10-5-3-6-11-16/h3-15,19-20,22H,1-2H3/p+1/t19-,20+/m1/s1. The van der Waals surface area contributed by atoms with Gasteiger partial charge in [-0.25, -0.2) is 0 Å². The van der Waals surface area contributed by atoms with Crippen LogP contribution >= 0.6 is 0 Å². The van der Waals surface area contributed by atoms with Crippen molar-refractivity contribution >= 4 is 5.91 Å². The number of carbonyl (C=O) groups excluding carboxylic acids is 1. The summed E-state index contributed by atoms with van der Waals surface area (Å²) >= 11 is 0. The highest BCUT2D eigenvalue weighted by atomic mass is 16.3. The van der Waals surface area contributed by atoms with Crippen LogP contribution in [-0.2, 0) is 4.79 Å². The first-order valence-electron chi connectivity index (χ1n) is 8.36. The van der Waals surface area contributed by atoms with E-state index in [-0.39, 0.29) is 18.0 Å². The third-order valence-corrected chi connectivity index (χ3v) is 4.26. The molecule has 2 atom stereocenters. The van der Waals surface area contributed by atoms with Gasteiger partial charge in [-0.15, -0.1) is 0 Å². The molecule has 3 rings (SSSR count). The Morgan fingerprint density at radius 3 is 2.00 bits per heavy atom. The maximum absolute atomic E-state index is 12.8. The summed E-state index contributed by atoms with van der Waals surface area (Å²) in [5, 5.41) is 2.08. The molecule has 0 saturated carbocycles. The van der Waals surface area contributed by atoms with E-state index < -0.39 is 0 Å². The number of nitrogens with two attached hydrogens (primary N) is 1. The Balaban J connectivity index is 1.98. The van der Waals surface area contributed by atoms with Crippen molar-refractivity contribution in [2.45, 2.75) is 12.1 Å². The van der Waals surface area contributed by atoms with Crippen molar-refractivity contribution < 1.29 is 14.5 Å². The minimum Gasteiger partial charge on any atom is -0.463 e. The molecule has 1 aromatic heterocycles. The van der Waals surface area contributed by atoms with Crippen LogP contribution in [0.3, 0.4) is 0 Å². The molecule has 0 aliphatic rings. The van der Waals surface area contributed by atoms with Crippen molar-refractivity contribution in [2.24, 2.45) is 0 Å². The average Bonchev–Trinajstić information content (AvgIpc) is 3.18. The summed E-state index contributed by atoms with van der Waals surface area (Å²) < 4.78 is 5.67. The van der Waals surface area contributed by atoms with Crippen molar-refractivity contribution in [3.8, 4) is 0 Å². The van der Waals surface area contributed by atoms with Crippen LogP contribution in [0.4, 0.5) is 0 Å². The van der Waals surface area contributed by atoms with E-state index in [2.05, 4.69) is 17.4 Å².